The zero-order valence-corrected chi connectivity index (χ0v) is 22.9. The molecule has 0 aromatic heterocycles. The molecule has 8 nitrogen and oxygen atoms in total. The number of hydrogen-bond acceptors (Lipinski definition) is 4. The Kier molecular flexibility index (Phi) is 8.58. The second-order valence-corrected chi connectivity index (χ2v) is 10.1. The molecule has 192 valence electrons. The average molecular weight is 606 g/mol. The van der Waals surface area contributed by atoms with Crippen LogP contribution in [-0.4, -0.2) is 41.4 Å². The normalized spacial score (nSPS) is 12.9. The van der Waals surface area contributed by atoms with E-state index < -0.39 is 0 Å². The van der Waals surface area contributed by atoms with Gasteiger partial charge in [-0.1, -0.05) is 69.5 Å². The van der Waals surface area contributed by atoms with Crippen molar-refractivity contribution in [2.45, 2.75) is 19.6 Å². The van der Waals surface area contributed by atoms with Crippen molar-refractivity contribution in [3.8, 4) is 11.5 Å². The summed E-state index contributed by atoms with van der Waals surface area (Å²) in [5.74, 6) is 0.928. The number of hydrogen-bond donors (Lipinski definition) is 2. The molecule has 1 saturated heterocycles. The van der Waals surface area contributed by atoms with E-state index in [-0.39, 0.29) is 31.1 Å². The van der Waals surface area contributed by atoms with E-state index in [0.29, 0.717) is 34.6 Å². The van der Waals surface area contributed by atoms with Gasteiger partial charge in [-0.15, -0.1) is 0 Å². The minimum atomic E-state index is -0.385. The van der Waals surface area contributed by atoms with Gasteiger partial charge in [-0.2, -0.15) is 0 Å². The monoisotopic (exact) mass is 604 g/mol. The number of carbonyl (C=O) groups is 3. The van der Waals surface area contributed by atoms with Crippen LogP contribution in [0.5, 0.6) is 11.5 Å². The zero-order valence-electron chi connectivity index (χ0n) is 19.8. The maximum absolute atomic E-state index is 12.6. The molecule has 2 N–H and O–H groups in total. The van der Waals surface area contributed by atoms with Crippen LogP contribution < -0.4 is 15.4 Å². The third-order valence-corrected chi connectivity index (χ3v) is 7.13. The zero-order chi connectivity index (χ0) is 26.5. The molecule has 0 aliphatic carbocycles. The Morgan fingerprint density at radius 2 is 1.70 bits per heavy atom. The van der Waals surface area contributed by atoms with Gasteiger partial charge in [0.25, 0.3) is 0 Å². The smallest absolute Gasteiger partial charge is 0.324 e. The number of imide groups is 1. The fourth-order valence-electron chi connectivity index (χ4n) is 3.60. The van der Waals surface area contributed by atoms with E-state index >= 15 is 0 Å². The molecule has 0 unspecified atom stereocenters. The highest BCUT2D eigenvalue weighted by Gasteiger charge is 2.28. The van der Waals surface area contributed by atoms with Crippen LogP contribution in [0.4, 0.5) is 9.59 Å². The van der Waals surface area contributed by atoms with Crippen LogP contribution in [0.1, 0.15) is 16.7 Å². The molecule has 4 rings (SSSR count). The molecule has 37 heavy (non-hydrogen) atoms. The van der Waals surface area contributed by atoms with Gasteiger partial charge in [0, 0.05) is 30.7 Å². The van der Waals surface area contributed by atoms with Gasteiger partial charge in [0.05, 0.1) is 23.1 Å². The second-order valence-electron chi connectivity index (χ2n) is 8.40. The first-order valence-corrected chi connectivity index (χ1v) is 12.8. The number of rotatable bonds is 8. The summed E-state index contributed by atoms with van der Waals surface area (Å²) in [5.41, 5.74) is 2.63. The SMILES string of the molecule is CN(Cc1ccc(Oc2ccc(Cl)c(Cl)c2)cc1Br)C(=O)NCc1ccc(CN2C(=O)CNC2=O)cc1. The highest BCUT2D eigenvalue weighted by molar-refractivity contribution is 9.10. The number of ether oxygens (including phenoxy) is 1. The van der Waals surface area contributed by atoms with Gasteiger partial charge >= 0.3 is 12.1 Å². The molecule has 0 saturated carbocycles. The van der Waals surface area contributed by atoms with Gasteiger partial charge in [-0.3, -0.25) is 9.69 Å². The number of carbonyl (C=O) groups excluding carboxylic acids is 3. The highest BCUT2D eigenvalue weighted by Crippen LogP contribution is 2.31. The molecular weight excluding hydrogens is 583 g/mol. The molecule has 0 atom stereocenters. The number of amides is 5. The lowest BCUT2D eigenvalue weighted by atomic mass is 10.1. The molecule has 3 aromatic rings. The summed E-state index contributed by atoms with van der Waals surface area (Å²) in [6.45, 7) is 0.963. The lowest BCUT2D eigenvalue weighted by molar-refractivity contribution is -0.125. The van der Waals surface area contributed by atoms with Crippen molar-refractivity contribution >= 4 is 57.1 Å². The van der Waals surface area contributed by atoms with E-state index in [9.17, 15) is 14.4 Å². The fraction of sp³-hybridized carbons (Fsp3) is 0.192. The summed E-state index contributed by atoms with van der Waals surface area (Å²) in [5, 5.41) is 6.25. The van der Waals surface area contributed by atoms with Crippen LogP contribution in [0.3, 0.4) is 0 Å². The van der Waals surface area contributed by atoms with Gasteiger partial charge in [0.15, 0.2) is 0 Å². The molecule has 1 heterocycles. The van der Waals surface area contributed by atoms with Crippen molar-refractivity contribution in [3.63, 3.8) is 0 Å². The van der Waals surface area contributed by atoms with E-state index in [0.717, 1.165) is 21.2 Å². The van der Waals surface area contributed by atoms with Gasteiger partial charge in [-0.05, 0) is 41.0 Å². The Labute approximate surface area is 232 Å². The predicted octanol–water partition coefficient (Wildman–Crippen LogP) is 5.94. The first-order valence-electron chi connectivity index (χ1n) is 11.3. The van der Waals surface area contributed by atoms with E-state index in [1.165, 1.54) is 4.90 Å². The van der Waals surface area contributed by atoms with Crippen molar-refractivity contribution in [1.82, 2.24) is 20.4 Å². The van der Waals surface area contributed by atoms with E-state index in [1.807, 2.05) is 42.5 Å². The number of urea groups is 2. The van der Waals surface area contributed by atoms with Crippen molar-refractivity contribution in [2.24, 2.45) is 0 Å². The summed E-state index contributed by atoms with van der Waals surface area (Å²) in [4.78, 5) is 38.8. The van der Waals surface area contributed by atoms with Crippen molar-refractivity contribution < 1.29 is 19.1 Å². The Morgan fingerprint density at radius 1 is 1.03 bits per heavy atom. The Morgan fingerprint density at radius 3 is 2.35 bits per heavy atom. The van der Waals surface area contributed by atoms with Crippen LogP contribution in [0.15, 0.2) is 65.1 Å². The van der Waals surface area contributed by atoms with Crippen molar-refractivity contribution in [3.05, 3.63) is 91.9 Å². The lowest BCUT2D eigenvalue weighted by Gasteiger charge is -2.19. The fourth-order valence-corrected chi connectivity index (χ4v) is 4.37. The first kappa shape index (κ1) is 26.8. The first-order chi connectivity index (χ1) is 17.7. The highest BCUT2D eigenvalue weighted by atomic mass is 79.9. The molecular formula is C26H23BrCl2N4O4. The van der Waals surface area contributed by atoms with Crippen LogP contribution in [0.25, 0.3) is 0 Å². The van der Waals surface area contributed by atoms with Gasteiger partial charge in [0.2, 0.25) is 5.91 Å². The summed E-state index contributed by atoms with van der Waals surface area (Å²) in [6, 6.07) is 17.3. The third kappa shape index (κ3) is 6.94. The van der Waals surface area contributed by atoms with Gasteiger partial charge < -0.3 is 20.3 Å². The molecule has 0 radical (unpaired) electrons. The molecule has 0 bridgehead atoms. The van der Waals surface area contributed by atoms with Crippen molar-refractivity contribution in [1.29, 1.82) is 0 Å². The molecule has 0 spiro atoms. The largest absolute Gasteiger partial charge is 0.457 e. The standard InChI is InChI=1S/C26H23BrCl2N4O4/c1-32(15-18-6-7-19(10-21(18)27)37-20-8-9-22(28)23(29)11-20)25(35)30-12-16-2-4-17(5-3-16)14-33-24(34)13-31-26(33)36/h2-11H,12-15H2,1H3,(H,30,35)(H,31,36). The Bertz CT molecular complexity index is 1320. The van der Waals surface area contributed by atoms with Crippen LogP contribution >= 0.6 is 39.1 Å². The number of halogens is 3. The Balaban J connectivity index is 1.28. The molecule has 3 aromatic carbocycles. The van der Waals surface area contributed by atoms with Gasteiger partial charge in [-0.25, -0.2) is 9.59 Å². The summed E-state index contributed by atoms with van der Waals surface area (Å²) in [7, 11) is 1.71. The quantitative estimate of drug-likeness (QED) is 0.311. The van der Waals surface area contributed by atoms with E-state index in [1.54, 1.807) is 30.1 Å². The Hall–Kier alpha value is -3.27. The number of nitrogens with one attached hydrogen (secondary N) is 2. The van der Waals surface area contributed by atoms with Crippen LogP contribution in [0.2, 0.25) is 10.0 Å². The minimum absolute atomic E-state index is 0.0314. The summed E-state index contributed by atoms with van der Waals surface area (Å²) in [6.07, 6.45) is 0. The topological polar surface area (TPSA) is 91.0 Å². The maximum atomic E-state index is 12.6. The minimum Gasteiger partial charge on any atom is -0.457 e. The van der Waals surface area contributed by atoms with E-state index in [4.69, 9.17) is 27.9 Å². The number of nitrogens with zero attached hydrogens (tertiary/aromatic N) is 2. The summed E-state index contributed by atoms with van der Waals surface area (Å²) < 4.78 is 6.64. The van der Waals surface area contributed by atoms with Crippen LogP contribution in [0, 0.1) is 0 Å². The molecule has 5 amide bonds. The third-order valence-electron chi connectivity index (χ3n) is 5.65. The lowest BCUT2D eigenvalue weighted by Crippen LogP contribution is -2.36. The van der Waals surface area contributed by atoms with Crippen LogP contribution in [-0.2, 0) is 24.4 Å². The molecule has 1 aliphatic heterocycles. The van der Waals surface area contributed by atoms with Gasteiger partial charge in [0.1, 0.15) is 11.5 Å². The summed E-state index contributed by atoms with van der Waals surface area (Å²) >= 11 is 15.5. The molecule has 11 heteroatoms. The predicted molar refractivity (Wildman–Crippen MR) is 145 cm³/mol. The molecule has 1 aliphatic rings. The second kappa shape index (κ2) is 11.9. The number of benzene rings is 3. The molecule has 1 fully saturated rings. The maximum Gasteiger partial charge on any atom is 0.324 e. The van der Waals surface area contributed by atoms with Crippen molar-refractivity contribution in [2.75, 3.05) is 13.6 Å². The average Bonchev–Trinajstić information content (AvgIpc) is 3.19. The van der Waals surface area contributed by atoms with E-state index in [2.05, 4.69) is 26.6 Å².